The SMILES string of the molecule is CCc1cc(NC(=O)N2CCC(c3ccncc3)CC2)n(C)n1. The summed E-state index contributed by atoms with van der Waals surface area (Å²) in [7, 11) is 1.85. The normalized spacial score (nSPS) is 15.7. The number of aromatic nitrogens is 3. The molecule has 23 heavy (non-hydrogen) atoms. The second kappa shape index (κ2) is 6.81. The standard InChI is InChI=1S/C17H23N5O/c1-3-15-12-16(21(2)20-15)19-17(23)22-10-6-14(7-11-22)13-4-8-18-9-5-13/h4-5,8-9,12,14H,3,6-7,10-11H2,1-2H3,(H,19,23). The van der Waals surface area contributed by atoms with Crippen molar-refractivity contribution in [3.8, 4) is 0 Å². The molecule has 0 radical (unpaired) electrons. The first kappa shape index (κ1) is 15.5. The number of amides is 2. The summed E-state index contributed by atoms with van der Waals surface area (Å²) in [6.07, 6.45) is 6.51. The van der Waals surface area contributed by atoms with E-state index in [9.17, 15) is 4.79 Å². The topological polar surface area (TPSA) is 63.1 Å². The number of carbonyl (C=O) groups is 1. The van der Waals surface area contributed by atoms with Crippen LogP contribution in [0.3, 0.4) is 0 Å². The summed E-state index contributed by atoms with van der Waals surface area (Å²) < 4.78 is 1.72. The Morgan fingerprint density at radius 3 is 2.61 bits per heavy atom. The van der Waals surface area contributed by atoms with Gasteiger partial charge in [0.2, 0.25) is 0 Å². The van der Waals surface area contributed by atoms with E-state index in [2.05, 4.69) is 34.5 Å². The summed E-state index contributed by atoms with van der Waals surface area (Å²) in [6.45, 7) is 3.60. The third-order valence-electron chi connectivity index (χ3n) is 4.49. The average molecular weight is 313 g/mol. The van der Waals surface area contributed by atoms with Gasteiger partial charge in [-0.15, -0.1) is 0 Å². The molecule has 0 bridgehead atoms. The van der Waals surface area contributed by atoms with Crippen molar-refractivity contribution < 1.29 is 4.79 Å². The number of urea groups is 1. The van der Waals surface area contributed by atoms with Gasteiger partial charge in [-0.05, 0) is 42.9 Å². The van der Waals surface area contributed by atoms with Crippen LogP contribution in [0.4, 0.5) is 10.6 Å². The Morgan fingerprint density at radius 1 is 1.30 bits per heavy atom. The van der Waals surface area contributed by atoms with E-state index in [1.807, 2.05) is 30.4 Å². The van der Waals surface area contributed by atoms with E-state index in [1.54, 1.807) is 4.68 Å². The Labute approximate surface area is 136 Å². The summed E-state index contributed by atoms with van der Waals surface area (Å²) in [4.78, 5) is 18.4. The smallest absolute Gasteiger partial charge is 0.322 e. The van der Waals surface area contributed by atoms with Gasteiger partial charge in [0.15, 0.2) is 0 Å². The highest BCUT2D eigenvalue weighted by atomic mass is 16.2. The number of aryl methyl sites for hydroxylation is 2. The molecule has 3 heterocycles. The molecular formula is C17H23N5O. The lowest BCUT2D eigenvalue weighted by atomic mass is 9.90. The van der Waals surface area contributed by atoms with Gasteiger partial charge in [0.1, 0.15) is 5.82 Å². The second-order valence-electron chi connectivity index (χ2n) is 5.97. The zero-order chi connectivity index (χ0) is 16.2. The van der Waals surface area contributed by atoms with E-state index in [0.717, 1.165) is 43.9 Å². The Bertz CT molecular complexity index is 659. The number of likely N-dealkylation sites (tertiary alicyclic amines) is 1. The monoisotopic (exact) mass is 313 g/mol. The summed E-state index contributed by atoms with van der Waals surface area (Å²) in [5.41, 5.74) is 2.30. The van der Waals surface area contributed by atoms with Crippen LogP contribution in [-0.2, 0) is 13.5 Å². The minimum Gasteiger partial charge on any atom is -0.324 e. The Hall–Kier alpha value is -2.37. The molecule has 0 unspecified atom stereocenters. The molecule has 3 rings (SSSR count). The quantitative estimate of drug-likeness (QED) is 0.947. The van der Waals surface area contributed by atoms with Gasteiger partial charge in [-0.25, -0.2) is 4.79 Å². The van der Waals surface area contributed by atoms with Crippen LogP contribution in [0.5, 0.6) is 0 Å². The summed E-state index contributed by atoms with van der Waals surface area (Å²) >= 11 is 0. The highest BCUT2D eigenvalue weighted by Gasteiger charge is 2.24. The minimum atomic E-state index is -0.0381. The molecule has 0 spiro atoms. The molecule has 122 valence electrons. The van der Waals surface area contributed by atoms with Crippen molar-refractivity contribution in [2.75, 3.05) is 18.4 Å². The highest BCUT2D eigenvalue weighted by molar-refractivity contribution is 5.88. The zero-order valence-electron chi connectivity index (χ0n) is 13.7. The maximum atomic E-state index is 12.4. The van der Waals surface area contributed by atoms with E-state index in [-0.39, 0.29) is 6.03 Å². The lowest BCUT2D eigenvalue weighted by Crippen LogP contribution is -2.40. The van der Waals surface area contributed by atoms with Gasteiger partial charge >= 0.3 is 6.03 Å². The van der Waals surface area contributed by atoms with Crippen molar-refractivity contribution >= 4 is 11.8 Å². The maximum absolute atomic E-state index is 12.4. The molecule has 1 aliphatic rings. The van der Waals surface area contributed by atoms with Gasteiger partial charge in [0, 0.05) is 38.6 Å². The lowest BCUT2D eigenvalue weighted by molar-refractivity contribution is 0.194. The molecule has 2 aromatic rings. The molecule has 2 aromatic heterocycles. The summed E-state index contributed by atoms with van der Waals surface area (Å²) in [6, 6.07) is 6.04. The van der Waals surface area contributed by atoms with Crippen LogP contribution in [0.2, 0.25) is 0 Å². The molecule has 0 saturated carbocycles. The Kier molecular flexibility index (Phi) is 4.60. The maximum Gasteiger partial charge on any atom is 0.322 e. The fraction of sp³-hybridized carbons (Fsp3) is 0.471. The number of pyridine rings is 1. The van der Waals surface area contributed by atoms with Gasteiger partial charge in [-0.2, -0.15) is 5.10 Å². The van der Waals surface area contributed by atoms with Gasteiger partial charge in [-0.1, -0.05) is 6.92 Å². The molecule has 1 fully saturated rings. The van der Waals surface area contributed by atoms with E-state index in [4.69, 9.17) is 0 Å². The molecule has 1 aliphatic heterocycles. The van der Waals surface area contributed by atoms with Crippen molar-refractivity contribution in [1.29, 1.82) is 0 Å². The van der Waals surface area contributed by atoms with Crippen LogP contribution >= 0.6 is 0 Å². The van der Waals surface area contributed by atoms with Crippen molar-refractivity contribution in [1.82, 2.24) is 19.7 Å². The molecule has 2 amide bonds. The largest absolute Gasteiger partial charge is 0.324 e. The van der Waals surface area contributed by atoms with E-state index >= 15 is 0 Å². The fourth-order valence-corrected chi connectivity index (χ4v) is 3.06. The van der Waals surface area contributed by atoms with Crippen molar-refractivity contribution in [2.24, 2.45) is 7.05 Å². The number of hydrogen-bond acceptors (Lipinski definition) is 3. The van der Waals surface area contributed by atoms with Crippen LogP contribution < -0.4 is 5.32 Å². The van der Waals surface area contributed by atoms with Crippen LogP contribution in [0.25, 0.3) is 0 Å². The molecule has 0 aromatic carbocycles. The predicted octanol–water partition coefficient (Wildman–Crippen LogP) is 2.79. The van der Waals surface area contributed by atoms with Crippen molar-refractivity contribution in [3.05, 3.63) is 41.9 Å². The van der Waals surface area contributed by atoms with Crippen molar-refractivity contribution in [2.45, 2.75) is 32.1 Å². The van der Waals surface area contributed by atoms with Gasteiger partial charge in [0.05, 0.1) is 5.69 Å². The molecular weight excluding hydrogens is 290 g/mol. The second-order valence-corrected chi connectivity index (χ2v) is 5.97. The predicted molar refractivity (Wildman–Crippen MR) is 89.4 cm³/mol. The van der Waals surface area contributed by atoms with E-state index < -0.39 is 0 Å². The molecule has 0 aliphatic carbocycles. The van der Waals surface area contributed by atoms with Gasteiger partial charge in [0.25, 0.3) is 0 Å². The molecule has 1 N–H and O–H groups in total. The van der Waals surface area contributed by atoms with Crippen LogP contribution in [0, 0.1) is 0 Å². The fourth-order valence-electron chi connectivity index (χ4n) is 3.06. The number of hydrogen-bond donors (Lipinski definition) is 1. The van der Waals surface area contributed by atoms with Gasteiger partial charge < -0.3 is 4.90 Å². The molecule has 1 saturated heterocycles. The van der Waals surface area contributed by atoms with Crippen LogP contribution in [-0.4, -0.2) is 38.8 Å². The van der Waals surface area contributed by atoms with E-state index in [1.165, 1.54) is 5.56 Å². The third kappa shape index (κ3) is 3.52. The first-order chi connectivity index (χ1) is 11.2. The number of rotatable bonds is 3. The first-order valence-corrected chi connectivity index (χ1v) is 8.16. The number of nitrogens with zero attached hydrogens (tertiary/aromatic N) is 4. The highest BCUT2D eigenvalue weighted by Crippen LogP contribution is 2.27. The van der Waals surface area contributed by atoms with E-state index in [0.29, 0.717) is 5.92 Å². The summed E-state index contributed by atoms with van der Waals surface area (Å²) in [5, 5.41) is 7.32. The first-order valence-electron chi connectivity index (χ1n) is 8.16. The summed E-state index contributed by atoms with van der Waals surface area (Å²) in [5.74, 6) is 1.27. The van der Waals surface area contributed by atoms with Crippen LogP contribution in [0.1, 0.15) is 36.9 Å². The number of carbonyl (C=O) groups excluding carboxylic acids is 1. The molecule has 6 heteroatoms. The lowest BCUT2D eigenvalue weighted by Gasteiger charge is -2.32. The van der Waals surface area contributed by atoms with Gasteiger partial charge in [-0.3, -0.25) is 15.0 Å². The minimum absolute atomic E-state index is 0.0381. The number of nitrogens with one attached hydrogen (secondary N) is 1. The molecule has 0 atom stereocenters. The molecule has 6 nitrogen and oxygen atoms in total. The Morgan fingerprint density at radius 2 is 2.00 bits per heavy atom. The third-order valence-corrected chi connectivity index (χ3v) is 4.49. The number of anilines is 1. The average Bonchev–Trinajstić information content (AvgIpc) is 2.96. The van der Waals surface area contributed by atoms with Crippen molar-refractivity contribution in [3.63, 3.8) is 0 Å². The number of piperidine rings is 1. The van der Waals surface area contributed by atoms with Crippen LogP contribution in [0.15, 0.2) is 30.6 Å². The Balaban J connectivity index is 1.57. The zero-order valence-corrected chi connectivity index (χ0v) is 13.7.